The first kappa shape index (κ1) is 21.0. The molecule has 2 aromatic carbocycles. The van der Waals surface area contributed by atoms with E-state index in [1.54, 1.807) is 0 Å². The van der Waals surface area contributed by atoms with Gasteiger partial charge in [0.25, 0.3) is 0 Å². The van der Waals surface area contributed by atoms with Crippen LogP contribution in [0, 0.1) is 13.8 Å². The number of carbonyl (C=O) groups excluding carboxylic acids is 1. The Bertz CT molecular complexity index is 1040. The first-order valence-electron chi connectivity index (χ1n) is 10.00. The molecule has 0 saturated heterocycles. The fourth-order valence-corrected chi connectivity index (χ4v) is 4.03. The van der Waals surface area contributed by atoms with Gasteiger partial charge in [0.15, 0.2) is 0 Å². The Morgan fingerprint density at radius 1 is 1.24 bits per heavy atom. The van der Waals surface area contributed by atoms with Crippen LogP contribution < -0.4 is 0 Å². The molecule has 1 N–H and O–H groups in total. The van der Waals surface area contributed by atoms with Crippen LogP contribution in [0.3, 0.4) is 0 Å². The van der Waals surface area contributed by atoms with Crippen molar-refractivity contribution in [1.82, 2.24) is 15.0 Å². The number of methoxy groups -OCH3 is 1. The Morgan fingerprint density at radius 2 is 2.00 bits per heavy atom. The molecule has 154 valence electrons. The second-order valence-corrected chi connectivity index (χ2v) is 7.59. The van der Waals surface area contributed by atoms with E-state index in [-0.39, 0.29) is 24.9 Å². The van der Waals surface area contributed by atoms with Crippen molar-refractivity contribution >= 4 is 17.0 Å². The molecule has 3 rings (SSSR count). The predicted octanol–water partition coefficient (Wildman–Crippen LogP) is 3.72. The van der Waals surface area contributed by atoms with Crippen molar-refractivity contribution in [1.29, 1.82) is 0 Å². The van der Waals surface area contributed by atoms with Gasteiger partial charge in [-0.15, -0.1) is 5.10 Å². The molecule has 1 atom stereocenters. The summed E-state index contributed by atoms with van der Waals surface area (Å²) in [4.78, 5) is 12.3. The number of nitrogens with zero attached hydrogens (tertiary/aromatic N) is 3. The summed E-state index contributed by atoms with van der Waals surface area (Å²) in [6, 6.07) is 8.20. The van der Waals surface area contributed by atoms with E-state index in [4.69, 9.17) is 4.74 Å². The van der Waals surface area contributed by atoms with Gasteiger partial charge in [0, 0.05) is 13.0 Å². The smallest absolute Gasteiger partial charge is 0.306 e. The van der Waals surface area contributed by atoms with Gasteiger partial charge in [-0.05, 0) is 53.6 Å². The number of hydrogen-bond donors (Lipinski definition) is 1. The van der Waals surface area contributed by atoms with Crippen molar-refractivity contribution in [2.24, 2.45) is 7.05 Å². The molecule has 0 fully saturated rings. The van der Waals surface area contributed by atoms with Crippen LogP contribution >= 0.6 is 0 Å². The molecule has 0 bridgehead atoms. The number of ether oxygens (including phenoxy) is 1. The van der Waals surface area contributed by atoms with Crippen molar-refractivity contribution in [3.05, 3.63) is 57.6 Å². The number of benzene rings is 2. The van der Waals surface area contributed by atoms with Crippen LogP contribution in [0.1, 0.15) is 59.1 Å². The average Bonchev–Trinajstić information content (AvgIpc) is 3.11. The fraction of sp³-hybridized carbons (Fsp3) is 0.435. The molecule has 0 aliphatic carbocycles. The van der Waals surface area contributed by atoms with E-state index in [0.29, 0.717) is 0 Å². The van der Waals surface area contributed by atoms with Crippen LogP contribution in [0.15, 0.2) is 24.3 Å². The molecule has 3 aromatic rings. The number of aliphatic hydroxyl groups excluding tert-OH is 1. The maximum Gasteiger partial charge on any atom is 0.306 e. The second-order valence-electron chi connectivity index (χ2n) is 7.59. The van der Waals surface area contributed by atoms with Crippen molar-refractivity contribution in [2.75, 3.05) is 7.11 Å². The van der Waals surface area contributed by atoms with Gasteiger partial charge in [0.1, 0.15) is 5.52 Å². The lowest BCUT2D eigenvalue weighted by atomic mass is 9.83. The summed E-state index contributed by atoms with van der Waals surface area (Å²) >= 11 is 0. The SMILES string of the molecule is CCCc1cc(C(CC(=O)OC)c2ccc(C)c(CO)c2)c(C)c2nnn(C)c12. The second kappa shape index (κ2) is 8.74. The zero-order valence-corrected chi connectivity index (χ0v) is 17.8. The largest absolute Gasteiger partial charge is 0.469 e. The summed E-state index contributed by atoms with van der Waals surface area (Å²) in [5.41, 5.74) is 8.05. The lowest BCUT2D eigenvalue weighted by Crippen LogP contribution is -2.13. The Kier molecular flexibility index (Phi) is 6.33. The van der Waals surface area contributed by atoms with E-state index >= 15 is 0 Å². The monoisotopic (exact) mass is 395 g/mol. The number of aryl methyl sites for hydroxylation is 4. The minimum absolute atomic E-state index is 0.0338. The molecule has 6 nitrogen and oxygen atoms in total. The zero-order chi connectivity index (χ0) is 21.1. The van der Waals surface area contributed by atoms with Gasteiger partial charge in [-0.25, -0.2) is 4.68 Å². The highest BCUT2D eigenvalue weighted by molar-refractivity contribution is 5.84. The standard InChI is InChI=1S/C23H29N3O3/c1-6-7-17-11-19(15(3)22-23(17)26(4)25-24-22)20(12-21(28)29-5)16-9-8-14(2)18(10-16)13-27/h8-11,20,27H,6-7,12-13H2,1-5H3. The summed E-state index contributed by atoms with van der Waals surface area (Å²) < 4.78 is 6.81. The minimum atomic E-state index is -0.267. The number of fused-ring (bicyclic) bond motifs is 1. The summed E-state index contributed by atoms with van der Waals surface area (Å²) in [7, 11) is 3.32. The van der Waals surface area contributed by atoms with Crippen molar-refractivity contribution < 1.29 is 14.6 Å². The summed E-state index contributed by atoms with van der Waals surface area (Å²) in [6.45, 7) is 6.12. The topological polar surface area (TPSA) is 77.2 Å². The van der Waals surface area contributed by atoms with Crippen LogP contribution in [-0.4, -0.2) is 33.2 Å². The first-order chi connectivity index (χ1) is 13.9. The molecule has 0 amide bonds. The lowest BCUT2D eigenvalue weighted by Gasteiger charge is -2.22. The highest BCUT2D eigenvalue weighted by atomic mass is 16.5. The quantitative estimate of drug-likeness (QED) is 0.617. The van der Waals surface area contributed by atoms with Gasteiger partial charge >= 0.3 is 5.97 Å². The van der Waals surface area contributed by atoms with Gasteiger partial charge in [-0.1, -0.05) is 42.8 Å². The van der Waals surface area contributed by atoms with Gasteiger partial charge in [0.2, 0.25) is 0 Å². The van der Waals surface area contributed by atoms with Gasteiger partial charge < -0.3 is 9.84 Å². The molecule has 0 saturated carbocycles. The van der Waals surface area contributed by atoms with Crippen LogP contribution in [-0.2, 0) is 29.6 Å². The Balaban J connectivity index is 2.24. The Labute approximate surface area is 171 Å². The molecule has 1 heterocycles. The number of carbonyl (C=O) groups is 1. The lowest BCUT2D eigenvalue weighted by molar-refractivity contribution is -0.140. The van der Waals surface area contributed by atoms with Gasteiger partial charge in [-0.2, -0.15) is 0 Å². The van der Waals surface area contributed by atoms with Crippen molar-refractivity contribution in [3.8, 4) is 0 Å². The first-order valence-corrected chi connectivity index (χ1v) is 10.00. The van der Waals surface area contributed by atoms with Crippen molar-refractivity contribution in [2.45, 2.75) is 52.6 Å². The fourth-order valence-electron chi connectivity index (χ4n) is 4.03. The van der Waals surface area contributed by atoms with E-state index in [9.17, 15) is 9.90 Å². The highest BCUT2D eigenvalue weighted by Crippen LogP contribution is 2.36. The number of esters is 1. The highest BCUT2D eigenvalue weighted by Gasteiger charge is 2.25. The van der Waals surface area contributed by atoms with E-state index in [1.807, 2.05) is 43.8 Å². The van der Waals surface area contributed by atoms with E-state index < -0.39 is 0 Å². The average molecular weight is 396 g/mol. The molecule has 1 unspecified atom stereocenters. The third-order valence-electron chi connectivity index (χ3n) is 5.69. The van der Waals surface area contributed by atoms with Crippen LogP contribution in [0.2, 0.25) is 0 Å². The third kappa shape index (κ3) is 4.03. The molecular formula is C23H29N3O3. The number of rotatable bonds is 7. The molecule has 0 aliphatic rings. The minimum Gasteiger partial charge on any atom is -0.469 e. The maximum atomic E-state index is 12.3. The van der Waals surface area contributed by atoms with Crippen LogP contribution in [0.5, 0.6) is 0 Å². The zero-order valence-electron chi connectivity index (χ0n) is 17.8. The van der Waals surface area contributed by atoms with Gasteiger partial charge in [0.05, 0.1) is 25.7 Å². The number of aromatic nitrogens is 3. The third-order valence-corrected chi connectivity index (χ3v) is 5.69. The van der Waals surface area contributed by atoms with Crippen LogP contribution in [0.25, 0.3) is 11.0 Å². The van der Waals surface area contributed by atoms with Crippen molar-refractivity contribution in [3.63, 3.8) is 0 Å². The summed E-state index contributed by atoms with van der Waals surface area (Å²) in [5, 5.41) is 18.4. The van der Waals surface area contributed by atoms with E-state index in [0.717, 1.165) is 51.7 Å². The molecular weight excluding hydrogens is 366 g/mol. The summed E-state index contributed by atoms with van der Waals surface area (Å²) in [6.07, 6.45) is 2.14. The Morgan fingerprint density at radius 3 is 2.66 bits per heavy atom. The van der Waals surface area contributed by atoms with E-state index in [2.05, 4.69) is 23.3 Å². The Hall–Kier alpha value is -2.73. The maximum absolute atomic E-state index is 12.3. The molecule has 0 aliphatic heterocycles. The van der Waals surface area contributed by atoms with Crippen LogP contribution in [0.4, 0.5) is 0 Å². The molecule has 6 heteroatoms. The molecule has 1 aromatic heterocycles. The summed E-state index contributed by atoms with van der Waals surface area (Å²) in [5.74, 6) is -0.452. The molecule has 0 radical (unpaired) electrons. The molecule has 29 heavy (non-hydrogen) atoms. The number of aliphatic hydroxyl groups is 1. The number of hydrogen-bond acceptors (Lipinski definition) is 5. The van der Waals surface area contributed by atoms with E-state index in [1.165, 1.54) is 12.7 Å². The molecule has 0 spiro atoms. The van der Waals surface area contributed by atoms with Gasteiger partial charge in [-0.3, -0.25) is 4.79 Å². The predicted molar refractivity (Wildman–Crippen MR) is 113 cm³/mol. The normalized spacial score (nSPS) is 12.3.